The largest absolute Gasteiger partial charge is 0.341 e. The number of para-hydroxylation sites is 1. The highest BCUT2D eigenvalue weighted by Crippen LogP contribution is 2.26. The zero-order valence-corrected chi connectivity index (χ0v) is 14.9. The number of alkyl halides is 2. The smallest absolute Gasteiger partial charge is 0.324 e. The number of rotatable bonds is 7. The summed E-state index contributed by atoms with van der Waals surface area (Å²) in [5.74, 6) is -6.28. The van der Waals surface area contributed by atoms with Crippen molar-refractivity contribution in [3.05, 3.63) is 59.7 Å². The second kappa shape index (κ2) is 8.49. The summed E-state index contributed by atoms with van der Waals surface area (Å²) in [5, 5.41) is 2.28. The second-order valence-electron chi connectivity index (χ2n) is 5.77. The van der Waals surface area contributed by atoms with Crippen LogP contribution in [0.1, 0.15) is 5.56 Å². The van der Waals surface area contributed by atoms with Gasteiger partial charge >= 0.3 is 5.76 Å². The lowest BCUT2D eigenvalue weighted by molar-refractivity contribution is -0.117. The first kappa shape index (κ1) is 20.8. The van der Waals surface area contributed by atoms with Crippen LogP contribution in [0.2, 0.25) is 0 Å². The van der Waals surface area contributed by atoms with Gasteiger partial charge in [-0.05, 0) is 36.9 Å². The molecule has 0 atom stereocenters. The Morgan fingerprint density at radius 2 is 1.78 bits per heavy atom. The summed E-state index contributed by atoms with van der Waals surface area (Å²) < 4.78 is 75.0. The van der Waals surface area contributed by atoms with Crippen molar-refractivity contribution in [2.24, 2.45) is 0 Å². The van der Waals surface area contributed by atoms with E-state index in [-0.39, 0.29) is 18.8 Å². The van der Waals surface area contributed by atoms with E-state index < -0.39 is 38.0 Å². The van der Waals surface area contributed by atoms with Crippen LogP contribution in [0.15, 0.2) is 47.4 Å². The quantitative estimate of drug-likeness (QED) is 0.721. The molecular formula is C17H16F4N2O3S. The van der Waals surface area contributed by atoms with Crippen LogP contribution >= 0.6 is 0 Å². The van der Waals surface area contributed by atoms with Crippen LogP contribution in [0.5, 0.6) is 0 Å². The van der Waals surface area contributed by atoms with Gasteiger partial charge in [-0.25, -0.2) is 17.2 Å². The molecule has 0 bridgehead atoms. The first-order chi connectivity index (χ1) is 12.6. The molecule has 0 aliphatic heterocycles. The van der Waals surface area contributed by atoms with E-state index in [9.17, 15) is 30.8 Å². The molecule has 27 heavy (non-hydrogen) atoms. The molecule has 1 amide bonds. The summed E-state index contributed by atoms with van der Waals surface area (Å²) in [4.78, 5) is 12.9. The molecule has 0 spiro atoms. The Kier molecular flexibility index (Phi) is 6.55. The van der Waals surface area contributed by atoms with E-state index >= 15 is 0 Å². The Morgan fingerprint density at radius 3 is 2.41 bits per heavy atom. The van der Waals surface area contributed by atoms with Gasteiger partial charge < -0.3 is 5.32 Å². The lowest BCUT2D eigenvalue weighted by Gasteiger charge is -2.17. The number of amides is 1. The zero-order valence-electron chi connectivity index (χ0n) is 14.1. The molecule has 0 saturated carbocycles. The highest BCUT2D eigenvalue weighted by Gasteiger charge is 2.29. The number of halogens is 4. The molecule has 5 nitrogen and oxygen atoms in total. The van der Waals surface area contributed by atoms with Crippen LogP contribution in [-0.4, -0.2) is 38.6 Å². The monoisotopic (exact) mass is 404 g/mol. The van der Waals surface area contributed by atoms with Gasteiger partial charge in [0.05, 0.1) is 17.1 Å². The number of nitrogens with one attached hydrogen (secondary N) is 1. The number of likely N-dealkylation sites (N-methyl/N-ethyl adjacent to an activating group) is 1. The summed E-state index contributed by atoms with van der Waals surface area (Å²) in [6.45, 7) is -0.121. The molecule has 0 unspecified atom stereocenters. The average molecular weight is 404 g/mol. The predicted molar refractivity (Wildman–Crippen MR) is 91.0 cm³/mol. The van der Waals surface area contributed by atoms with Gasteiger partial charge in [-0.3, -0.25) is 9.69 Å². The summed E-state index contributed by atoms with van der Waals surface area (Å²) >= 11 is 0. The number of hydrogen-bond acceptors (Lipinski definition) is 4. The highest BCUT2D eigenvalue weighted by molar-refractivity contribution is 7.91. The van der Waals surface area contributed by atoms with Crippen LogP contribution in [0, 0.1) is 11.6 Å². The first-order valence-corrected chi connectivity index (χ1v) is 9.19. The van der Waals surface area contributed by atoms with Crippen molar-refractivity contribution in [3.8, 4) is 0 Å². The maximum atomic E-state index is 13.2. The minimum atomic E-state index is -4.88. The molecule has 0 aliphatic carbocycles. The Labute approximate surface area is 153 Å². The third-order valence-electron chi connectivity index (χ3n) is 3.55. The number of hydrogen-bond donors (Lipinski definition) is 1. The van der Waals surface area contributed by atoms with Crippen molar-refractivity contribution < 1.29 is 30.8 Å². The fraction of sp³-hybridized carbons (Fsp3) is 0.235. The minimum absolute atomic E-state index is 0.113. The molecule has 0 aromatic heterocycles. The summed E-state index contributed by atoms with van der Waals surface area (Å²) in [6, 6.07) is 8.14. The molecule has 2 aromatic carbocycles. The molecule has 0 heterocycles. The molecular weight excluding hydrogens is 388 g/mol. The fourth-order valence-corrected chi connectivity index (χ4v) is 3.24. The summed E-state index contributed by atoms with van der Waals surface area (Å²) in [7, 11) is -3.35. The van der Waals surface area contributed by atoms with Gasteiger partial charge in [0.2, 0.25) is 15.7 Å². The van der Waals surface area contributed by atoms with E-state index in [0.717, 1.165) is 18.2 Å². The van der Waals surface area contributed by atoms with E-state index in [1.807, 2.05) is 0 Å². The molecule has 0 saturated heterocycles. The number of benzene rings is 2. The molecule has 0 fully saturated rings. The number of nitrogens with zero attached hydrogens (tertiary/aromatic N) is 1. The highest BCUT2D eigenvalue weighted by atomic mass is 32.2. The standard InChI is InChI=1S/C17H16F4N2O3S/c1-23(9-11-6-7-12(18)13(19)8-11)10-16(24)22-14-4-2-3-5-15(14)27(25,26)17(20)21/h2-8,17H,9-10H2,1H3,(H,22,24). The maximum absolute atomic E-state index is 13.2. The van der Waals surface area contributed by atoms with Gasteiger partial charge in [-0.1, -0.05) is 18.2 Å². The van der Waals surface area contributed by atoms with Crippen molar-refractivity contribution >= 4 is 21.4 Å². The predicted octanol–water partition coefficient (Wildman–Crippen LogP) is 3.03. The van der Waals surface area contributed by atoms with Crippen LogP contribution in [-0.2, 0) is 21.2 Å². The normalized spacial score (nSPS) is 11.8. The van der Waals surface area contributed by atoms with Crippen LogP contribution < -0.4 is 5.32 Å². The number of anilines is 1. The van der Waals surface area contributed by atoms with Crippen molar-refractivity contribution in [1.82, 2.24) is 4.90 Å². The molecule has 0 aliphatic rings. The molecule has 10 heteroatoms. The SMILES string of the molecule is CN(CC(=O)Nc1ccccc1S(=O)(=O)C(F)F)Cc1ccc(F)c(F)c1. The number of sulfone groups is 1. The molecule has 2 aromatic rings. The maximum Gasteiger partial charge on any atom is 0.341 e. The Morgan fingerprint density at radius 1 is 1.11 bits per heavy atom. The van der Waals surface area contributed by atoms with Crippen LogP contribution in [0.25, 0.3) is 0 Å². The lowest BCUT2D eigenvalue weighted by atomic mass is 10.2. The zero-order chi connectivity index (χ0) is 20.2. The van der Waals surface area contributed by atoms with Gasteiger partial charge in [-0.15, -0.1) is 0 Å². The summed E-state index contributed by atoms with van der Waals surface area (Å²) in [6.07, 6.45) is 0. The molecule has 1 N–H and O–H groups in total. The average Bonchev–Trinajstić information content (AvgIpc) is 2.58. The molecule has 0 radical (unpaired) electrons. The van der Waals surface area contributed by atoms with Crippen molar-refractivity contribution in [2.45, 2.75) is 17.2 Å². The second-order valence-corrected chi connectivity index (χ2v) is 7.66. The molecule has 146 valence electrons. The van der Waals surface area contributed by atoms with Gasteiger partial charge in [0, 0.05) is 6.54 Å². The van der Waals surface area contributed by atoms with Crippen molar-refractivity contribution in [2.75, 3.05) is 18.9 Å². The fourth-order valence-electron chi connectivity index (χ4n) is 2.35. The Balaban J connectivity index is 2.07. The van der Waals surface area contributed by atoms with Crippen LogP contribution in [0.4, 0.5) is 23.2 Å². The van der Waals surface area contributed by atoms with Crippen LogP contribution in [0.3, 0.4) is 0 Å². The van der Waals surface area contributed by atoms with Gasteiger partial charge in [0.25, 0.3) is 0 Å². The van der Waals surface area contributed by atoms with E-state index in [0.29, 0.717) is 5.56 Å². The van der Waals surface area contributed by atoms with Gasteiger partial charge in [0.1, 0.15) is 0 Å². The third-order valence-corrected chi connectivity index (χ3v) is 4.99. The van der Waals surface area contributed by atoms with E-state index in [1.54, 1.807) is 0 Å². The van der Waals surface area contributed by atoms with Gasteiger partial charge in [-0.2, -0.15) is 8.78 Å². The number of carbonyl (C=O) groups is 1. The van der Waals surface area contributed by atoms with Crippen molar-refractivity contribution in [3.63, 3.8) is 0 Å². The van der Waals surface area contributed by atoms with Gasteiger partial charge in [0.15, 0.2) is 11.6 Å². The minimum Gasteiger partial charge on any atom is -0.324 e. The topological polar surface area (TPSA) is 66.5 Å². The van der Waals surface area contributed by atoms with E-state index in [4.69, 9.17) is 0 Å². The van der Waals surface area contributed by atoms with Crippen molar-refractivity contribution in [1.29, 1.82) is 0 Å². The summed E-state index contributed by atoms with van der Waals surface area (Å²) in [5.41, 5.74) is 0.161. The Hall–Kier alpha value is -2.46. The van der Waals surface area contributed by atoms with E-state index in [2.05, 4.69) is 5.32 Å². The van der Waals surface area contributed by atoms with E-state index in [1.165, 1.54) is 36.2 Å². The first-order valence-electron chi connectivity index (χ1n) is 7.64. The Bertz CT molecular complexity index is 936. The number of carbonyl (C=O) groups excluding carboxylic acids is 1. The lowest BCUT2D eigenvalue weighted by Crippen LogP contribution is -2.30. The molecule has 2 rings (SSSR count). The third kappa shape index (κ3) is 5.27.